The van der Waals surface area contributed by atoms with Gasteiger partial charge in [0.1, 0.15) is 0 Å². The molecular formula is C11H9CuNO. The summed E-state index contributed by atoms with van der Waals surface area (Å²) in [4.78, 5) is 11.0. The van der Waals surface area contributed by atoms with Gasteiger partial charge in [-0.05, 0) is 16.8 Å². The SMILES string of the molecule is NC(=O)c1cccc2ccccc12.[Cu]. The Balaban J connectivity index is 0.000000980. The average molecular weight is 235 g/mol. The van der Waals surface area contributed by atoms with Gasteiger partial charge in [-0.1, -0.05) is 36.4 Å². The van der Waals surface area contributed by atoms with Gasteiger partial charge in [-0.25, -0.2) is 0 Å². The Bertz CT molecular complexity index is 462. The van der Waals surface area contributed by atoms with Crippen molar-refractivity contribution in [3.63, 3.8) is 0 Å². The van der Waals surface area contributed by atoms with Crippen LogP contribution in [-0.4, -0.2) is 5.91 Å². The van der Waals surface area contributed by atoms with Crippen LogP contribution in [0.5, 0.6) is 0 Å². The van der Waals surface area contributed by atoms with Gasteiger partial charge in [0.15, 0.2) is 0 Å². The van der Waals surface area contributed by atoms with Crippen molar-refractivity contribution in [1.29, 1.82) is 0 Å². The molecule has 0 fully saturated rings. The maximum atomic E-state index is 11.0. The van der Waals surface area contributed by atoms with E-state index in [0.29, 0.717) is 5.56 Å². The molecule has 75 valence electrons. The molecule has 0 saturated heterocycles. The second-order valence-corrected chi connectivity index (χ2v) is 2.89. The number of nitrogens with two attached hydrogens (primary N) is 1. The maximum Gasteiger partial charge on any atom is 0.249 e. The number of carbonyl (C=O) groups is 1. The van der Waals surface area contributed by atoms with E-state index in [1.165, 1.54) is 0 Å². The standard InChI is InChI=1S/C11H9NO.Cu/c12-11(13)10-7-3-5-8-4-1-2-6-9(8)10;/h1-7H,(H2,12,13);. The minimum atomic E-state index is -0.378. The molecule has 0 aliphatic rings. The van der Waals surface area contributed by atoms with Gasteiger partial charge in [-0.15, -0.1) is 0 Å². The molecule has 0 aliphatic heterocycles. The zero-order valence-electron chi connectivity index (χ0n) is 7.33. The predicted molar refractivity (Wildman–Crippen MR) is 52.5 cm³/mol. The van der Waals surface area contributed by atoms with Gasteiger partial charge < -0.3 is 5.73 Å². The van der Waals surface area contributed by atoms with Gasteiger partial charge in [0, 0.05) is 22.6 Å². The van der Waals surface area contributed by atoms with E-state index in [4.69, 9.17) is 5.73 Å². The van der Waals surface area contributed by atoms with Crippen molar-refractivity contribution in [2.75, 3.05) is 0 Å². The fraction of sp³-hybridized carbons (Fsp3) is 0. The summed E-state index contributed by atoms with van der Waals surface area (Å²) in [6, 6.07) is 13.2. The van der Waals surface area contributed by atoms with E-state index in [0.717, 1.165) is 10.8 Å². The second-order valence-electron chi connectivity index (χ2n) is 2.89. The minimum Gasteiger partial charge on any atom is -0.366 e. The molecule has 0 bridgehead atoms. The predicted octanol–water partition coefficient (Wildman–Crippen LogP) is 1.94. The van der Waals surface area contributed by atoms with Crippen molar-refractivity contribution >= 4 is 16.7 Å². The van der Waals surface area contributed by atoms with Crippen molar-refractivity contribution in [3.8, 4) is 0 Å². The molecule has 2 nitrogen and oxygen atoms in total. The van der Waals surface area contributed by atoms with Gasteiger partial charge in [0.05, 0.1) is 0 Å². The molecular weight excluding hydrogens is 226 g/mol. The van der Waals surface area contributed by atoms with Gasteiger partial charge in [-0.3, -0.25) is 4.79 Å². The fourth-order valence-electron chi connectivity index (χ4n) is 1.44. The number of benzene rings is 2. The molecule has 0 saturated carbocycles. The first kappa shape index (κ1) is 10.8. The topological polar surface area (TPSA) is 43.1 Å². The Morgan fingerprint density at radius 2 is 1.64 bits per heavy atom. The third-order valence-electron chi connectivity index (χ3n) is 2.06. The summed E-state index contributed by atoms with van der Waals surface area (Å²) in [5.41, 5.74) is 5.82. The van der Waals surface area contributed by atoms with Crippen LogP contribution >= 0.6 is 0 Å². The summed E-state index contributed by atoms with van der Waals surface area (Å²) in [7, 11) is 0. The molecule has 0 heterocycles. The van der Waals surface area contributed by atoms with Crippen molar-refractivity contribution in [2.45, 2.75) is 0 Å². The summed E-state index contributed by atoms with van der Waals surface area (Å²) in [5, 5.41) is 1.95. The Labute approximate surface area is 92.6 Å². The van der Waals surface area contributed by atoms with Gasteiger partial charge in [0.2, 0.25) is 5.91 Å². The summed E-state index contributed by atoms with van der Waals surface area (Å²) in [5.74, 6) is -0.378. The third-order valence-corrected chi connectivity index (χ3v) is 2.06. The molecule has 0 atom stereocenters. The van der Waals surface area contributed by atoms with Crippen molar-refractivity contribution in [3.05, 3.63) is 48.0 Å². The van der Waals surface area contributed by atoms with Crippen LogP contribution in [0, 0.1) is 0 Å². The molecule has 1 radical (unpaired) electrons. The molecule has 0 aliphatic carbocycles. The zero-order chi connectivity index (χ0) is 9.26. The van der Waals surface area contributed by atoms with Gasteiger partial charge >= 0.3 is 0 Å². The van der Waals surface area contributed by atoms with E-state index in [9.17, 15) is 4.79 Å². The molecule has 0 aromatic heterocycles. The van der Waals surface area contributed by atoms with Crippen LogP contribution in [0.3, 0.4) is 0 Å². The Morgan fingerprint density at radius 1 is 1.00 bits per heavy atom. The smallest absolute Gasteiger partial charge is 0.249 e. The van der Waals surface area contributed by atoms with E-state index in [1.54, 1.807) is 6.07 Å². The van der Waals surface area contributed by atoms with Crippen LogP contribution in [0.15, 0.2) is 42.5 Å². The summed E-state index contributed by atoms with van der Waals surface area (Å²) in [6.07, 6.45) is 0. The number of amides is 1. The number of fused-ring (bicyclic) bond motifs is 1. The minimum absolute atomic E-state index is 0. The van der Waals surface area contributed by atoms with Crippen molar-refractivity contribution in [1.82, 2.24) is 0 Å². The van der Waals surface area contributed by atoms with Crippen molar-refractivity contribution in [2.24, 2.45) is 5.73 Å². The number of rotatable bonds is 1. The Hall–Kier alpha value is -1.31. The van der Waals surface area contributed by atoms with E-state index in [1.807, 2.05) is 36.4 Å². The van der Waals surface area contributed by atoms with Crippen LogP contribution in [-0.2, 0) is 17.1 Å². The van der Waals surface area contributed by atoms with Crippen LogP contribution in [0.4, 0.5) is 0 Å². The Morgan fingerprint density at radius 3 is 2.36 bits per heavy atom. The first-order valence-corrected chi connectivity index (χ1v) is 4.06. The number of hydrogen-bond donors (Lipinski definition) is 1. The number of primary amides is 1. The quantitative estimate of drug-likeness (QED) is 0.753. The van der Waals surface area contributed by atoms with E-state index < -0.39 is 0 Å². The van der Waals surface area contributed by atoms with Crippen LogP contribution in [0.25, 0.3) is 10.8 Å². The molecule has 3 heteroatoms. The second kappa shape index (κ2) is 4.27. The molecule has 2 rings (SSSR count). The first-order valence-electron chi connectivity index (χ1n) is 4.06. The molecule has 0 unspecified atom stereocenters. The van der Waals surface area contributed by atoms with Gasteiger partial charge in [-0.2, -0.15) is 0 Å². The average Bonchev–Trinajstić information content (AvgIpc) is 2.17. The van der Waals surface area contributed by atoms with Gasteiger partial charge in [0.25, 0.3) is 0 Å². The fourth-order valence-corrected chi connectivity index (χ4v) is 1.44. The van der Waals surface area contributed by atoms with E-state index in [-0.39, 0.29) is 23.0 Å². The third kappa shape index (κ3) is 1.79. The summed E-state index contributed by atoms with van der Waals surface area (Å²) < 4.78 is 0. The van der Waals surface area contributed by atoms with E-state index in [2.05, 4.69) is 0 Å². The number of hydrogen-bond acceptors (Lipinski definition) is 1. The molecule has 2 aromatic rings. The molecule has 2 aromatic carbocycles. The molecule has 1 amide bonds. The monoisotopic (exact) mass is 234 g/mol. The largest absolute Gasteiger partial charge is 0.366 e. The molecule has 14 heavy (non-hydrogen) atoms. The molecule has 2 N–H and O–H groups in total. The van der Waals surface area contributed by atoms with Crippen LogP contribution in [0.2, 0.25) is 0 Å². The number of carbonyl (C=O) groups excluding carboxylic acids is 1. The van der Waals surface area contributed by atoms with Crippen LogP contribution < -0.4 is 5.73 Å². The summed E-state index contributed by atoms with van der Waals surface area (Å²) >= 11 is 0. The summed E-state index contributed by atoms with van der Waals surface area (Å²) in [6.45, 7) is 0. The maximum absolute atomic E-state index is 11.0. The zero-order valence-corrected chi connectivity index (χ0v) is 8.27. The van der Waals surface area contributed by atoms with Crippen molar-refractivity contribution < 1.29 is 21.9 Å². The van der Waals surface area contributed by atoms with E-state index >= 15 is 0 Å². The molecule has 0 spiro atoms. The Kier molecular flexibility index (Phi) is 3.28. The normalized spacial score (nSPS) is 9.43. The van der Waals surface area contributed by atoms with Crippen LogP contribution in [0.1, 0.15) is 10.4 Å². The first-order chi connectivity index (χ1) is 6.29.